The topological polar surface area (TPSA) is 129 Å². The molecule has 7 rings (SSSR count). The molecule has 2 aromatic carbocycles. The number of aryl methyl sites for hydroxylation is 1. The lowest BCUT2D eigenvalue weighted by atomic mass is 9.92. The third kappa shape index (κ3) is 5.30. The summed E-state index contributed by atoms with van der Waals surface area (Å²) in [7, 11) is 5.80. The van der Waals surface area contributed by atoms with Crippen molar-refractivity contribution < 1.29 is 14.4 Å². The second-order valence-electron chi connectivity index (χ2n) is 12.5. The Balaban J connectivity index is 1.05. The lowest BCUT2D eigenvalue weighted by Gasteiger charge is -2.42. The molecular formula is C33H36ClN9O3. The summed E-state index contributed by atoms with van der Waals surface area (Å²) in [5.41, 5.74) is 5.45. The van der Waals surface area contributed by atoms with Crippen molar-refractivity contribution in [3.63, 3.8) is 0 Å². The summed E-state index contributed by atoms with van der Waals surface area (Å²) in [4.78, 5) is 51.9. The average Bonchev–Trinajstić information content (AvgIpc) is 3.51. The predicted octanol–water partition coefficient (Wildman–Crippen LogP) is 4.29. The molecule has 12 nitrogen and oxygen atoms in total. The van der Waals surface area contributed by atoms with Crippen LogP contribution < -0.4 is 25.3 Å². The van der Waals surface area contributed by atoms with E-state index in [1.807, 2.05) is 36.0 Å². The minimum atomic E-state index is -0.429. The predicted molar refractivity (Wildman–Crippen MR) is 178 cm³/mol. The number of nitrogens with zero attached hydrogens (tertiary/aromatic N) is 7. The molecule has 0 unspecified atom stereocenters. The molecule has 0 aliphatic carbocycles. The van der Waals surface area contributed by atoms with E-state index >= 15 is 0 Å². The number of carbonyl (C=O) groups is 3. The van der Waals surface area contributed by atoms with Crippen LogP contribution in [-0.4, -0.2) is 70.2 Å². The molecule has 3 amide bonds. The molecule has 2 fully saturated rings. The number of aromatic nitrogens is 4. The summed E-state index contributed by atoms with van der Waals surface area (Å²) < 4.78 is 1.82. The molecule has 3 aliphatic heterocycles. The maximum Gasteiger partial charge on any atom is 0.235 e. The molecule has 2 saturated heterocycles. The Morgan fingerprint density at radius 2 is 1.91 bits per heavy atom. The molecule has 3 aliphatic rings. The molecule has 5 heterocycles. The molecule has 0 spiro atoms. The van der Waals surface area contributed by atoms with E-state index in [1.54, 1.807) is 18.1 Å². The quantitative estimate of drug-likeness (QED) is 0.296. The smallest absolute Gasteiger partial charge is 0.235 e. The van der Waals surface area contributed by atoms with Crippen LogP contribution in [0.2, 0.25) is 5.02 Å². The normalized spacial score (nSPS) is 21.5. The van der Waals surface area contributed by atoms with Crippen LogP contribution in [0.15, 0.2) is 42.6 Å². The zero-order valence-electron chi connectivity index (χ0n) is 26.2. The van der Waals surface area contributed by atoms with Gasteiger partial charge >= 0.3 is 0 Å². The van der Waals surface area contributed by atoms with Gasteiger partial charge in [-0.3, -0.25) is 24.4 Å². The number of imide groups is 1. The second-order valence-corrected chi connectivity index (χ2v) is 12.9. The highest BCUT2D eigenvalue weighted by molar-refractivity contribution is 6.33. The van der Waals surface area contributed by atoms with E-state index in [9.17, 15) is 14.4 Å². The van der Waals surface area contributed by atoms with Crippen molar-refractivity contribution in [1.82, 2.24) is 25.1 Å². The van der Waals surface area contributed by atoms with E-state index < -0.39 is 5.92 Å². The number of anilines is 5. The minimum Gasteiger partial charge on any atom is -0.371 e. The number of fused-ring (bicyclic) bond motifs is 2. The van der Waals surface area contributed by atoms with Gasteiger partial charge in [0.1, 0.15) is 5.02 Å². The first-order chi connectivity index (χ1) is 22.1. The fraction of sp³-hybridized carbons (Fsp3) is 0.394. The summed E-state index contributed by atoms with van der Waals surface area (Å²) >= 11 is 6.51. The van der Waals surface area contributed by atoms with Crippen LogP contribution in [0.1, 0.15) is 49.8 Å². The van der Waals surface area contributed by atoms with Crippen molar-refractivity contribution in [2.45, 2.75) is 57.0 Å². The Hall–Kier alpha value is -4.71. The zero-order chi connectivity index (χ0) is 32.3. The lowest BCUT2D eigenvalue weighted by molar-refractivity contribution is -0.134. The number of amides is 3. The first kappa shape index (κ1) is 30.0. The van der Waals surface area contributed by atoms with Gasteiger partial charge in [0.15, 0.2) is 5.82 Å². The van der Waals surface area contributed by atoms with Gasteiger partial charge in [-0.25, -0.2) is 4.98 Å². The summed E-state index contributed by atoms with van der Waals surface area (Å²) in [6, 6.07) is 12.6. The Bertz CT molecular complexity index is 1890. The number of rotatable bonds is 6. The van der Waals surface area contributed by atoms with Gasteiger partial charge in [-0.05, 0) is 68.1 Å². The number of hydrogen-bond donors (Lipinski definition) is 2. The molecule has 3 atom stereocenters. The molecule has 13 heteroatoms. The van der Waals surface area contributed by atoms with E-state index in [4.69, 9.17) is 21.7 Å². The van der Waals surface area contributed by atoms with Gasteiger partial charge in [0.2, 0.25) is 23.7 Å². The van der Waals surface area contributed by atoms with Crippen molar-refractivity contribution in [2.75, 3.05) is 40.7 Å². The fourth-order valence-electron chi connectivity index (χ4n) is 6.98. The summed E-state index contributed by atoms with van der Waals surface area (Å²) in [6.07, 6.45) is 4.62. The number of nitrogens with one attached hydrogen (secondary N) is 2. The molecule has 0 bridgehead atoms. The van der Waals surface area contributed by atoms with E-state index in [0.717, 1.165) is 52.9 Å². The van der Waals surface area contributed by atoms with Crippen LogP contribution in [0.3, 0.4) is 0 Å². The number of carbonyl (C=O) groups excluding carboxylic acids is 3. The highest BCUT2D eigenvalue weighted by Gasteiger charge is 2.33. The van der Waals surface area contributed by atoms with E-state index in [-0.39, 0.29) is 23.8 Å². The molecule has 0 saturated carbocycles. The number of hydrogen-bond acceptors (Lipinski definition) is 9. The third-order valence-electron chi connectivity index (χ3n) is 9.64. The molecule has 4 aromatic rings. The molecule has 238 valence electrons. The monoisotopic (exact) mass is 641 g/mol. The SMILES string of the molecule is C[C@H]1C[C@H](N(C)c2ccc3c([C@H]4CCC(=O)NC4=O)nn(C)c3c2)CCN1c1ncc(Cl)c(Nc2ccc3c(c2)CC(=O)N3C)n1. The van der Waals surface area contributed by atoms with E-state index in [2.05, 4.69) is 51.5 Å². The maximum absolute atomic E-state index is 12.5. The molecular weight excluding hydrogens is 606 g/mol. The molecule has 2 N–H and O–H groups in total. The van der Waals surface area contributed by atoms with Gasteiger partial charge < -0.3 is 20.0 Å². The second kappa shape index (κ2) is 11.6. The first-order valence-corrected chi connectivity index (χ1v) is 15.9. The van der Waals surface area contributed by atoms with Gasteiger partial charge in [0.05, 0.1) is 29.7 Å². The van der Waals surface area contributed by atoms with Crippen molar-refractivity contribution >= 4 is 69.1 Å². The summed E-state index contributed by atoms with van der Waals surface area (Å²) in [5, 5.41) is 11.8. The van der Waals surface area contributed by atoms with Gasteiger partial charge in [0.25, 0.3) is 0 Å². The average molecular weight is 642 g/mol. The van der Waals surface area contributed by atoms with Crippen molar-refractivity contribution in [3.8, 4) is 0 Å². The number of piperidine rings is 2. The highest BCUT2D eigenvalue weighted by Crippen LogP contribution is 2.36. The number of halogens is 1. The van der Waals surface area contributed by atoms with Crippen molar-refractivity contribution in [3.05, 3.63) is 58.9 Å². The maximum atomic E-state index is 12.5. The van der Waals surface area contributed by atoms with Crippen LogP contribution in [0.4, 0.5) is 28.8 Å². The minimum absolute atomic E-state index is 0.0778. The molecule has 2 aromatic heterocycles. The van der Waals surface area contributed by atoms with Gasteiger partial charge in [-0.2, -0.15) is 10.1 Å². The van der Waals surface area contributed by atoms with Crippen LogP contribution in [0, 0.1) is 0 Å². The Kier molecular flexibility index (Phi) is 7.54. The van der Waals surface area contributed by atoms with Gasteiger partial charge in [-0.1, -0.05) is 11.6 Å². The zero-order valence-corrected chi connectivity index (χ0v) is 27.0. The standard InChI is InChI=1S/C33H36ClN9O3/c1-18-13-22(40(2)21-6-7-23-27(16-21)42(4)39-30(23)24-8-10-28(44)37-32(24)46)11-12-43(18)33-35-17-25(34)31(38-33)36-20-5-9-26-19(14-20)15-29(45)41(26)3/h5-7,9,14,16-18,22,24H,8,10-13,15H2,1-4H3,(H,35,36,38)(H,37,44,46)/t18-,22+,24+/m0/s1. The Morgan fingerprint density at radius 1 is 1.09 bits per heavy atom. The number of likely N-dealkylation sites (N-methyl/N-ethyl adjacent to an activating group) is 1. The first-order valence-electron chi connectivity index (χ1n) is 15.6. The van der Waals surface area contributed by atoms with Crippen molar-refractivity contribution in [2.24, 2.45) is 7.05 Å². The largest absolute Gasteiger partial charge is 0.371 e. The summed E-state index contributed by atoms with van der Waals surface area (Å²) in [5.74, 6) is 0.287. The Morgan fingerprint density at radius 3 is 2.70 bits per heavy atom. The third-order valence-corrected chi connectivity index (χ3v) is 9.92. The highest BCUT2D eigenvalue weighted by atomic mass is 35.5. The van der Waals surface area contributed by atoms with Crippen molar-refractivity contribution in [1.29, 1.82) is 0 Å². The van der Waals surface area contributed by atoms with E-state index in [0.29, 0.717) is 47.8 Å². The Labute approximate surface area is 271 Å². The van der Waals surface area contributed by atoms with Gasteiger partial charge in [-0.15, -0.1) is 0 Å². The lowest BCUT2D eigenvalue weighted by Crippen LogP contribution is -2.48. The van der Waals surface area contributed by atoms with Crippen LogP contribution in [0.5, 0.6) is 0 Å². The van der Waals surface area contributed by atoms with Gasteiger partial charge in [0, 0.05) is 68.6 Å². The van der Waals surface area contributed by atoms with Crippen LogP contribution in [0.25, 0.3) is 10.9 Å². The van der Waals surface area contributed by atoms with Crippen LogP contribution >= 0.6 is 11.6 Å². The number of benzene rings is 2. The molecule has 46 heavy (non-hydrogen) atoms. The fourth-order valence-corrected chi connectivity index (χ4v) is 7.12. The van der Waals surface area contributed by atoms with E-state index in [1.165, 1.54) is 0 Å². The molecule has 0 radical (unpaired) electrons. The van der Waals surface area contributed by atoms with Crippen LogP contribution in [-0.2, 0) is 27.9 Å². The summed E-state index contributed by atoms with van der Waals surface area (Å²) in [6.45, 7) is 2.97.